The Hall–Kier alpha value is -2.20. The maximum Gasteiger partial charge on any atom is 0.274 e. The van der Waals surface area contributed by atoms with Crippen molar-refractivity contribution >= 4 is 35.6 Å². The lowest BCUT2D eigenvalue weighted by Gasteiger charge is -2.26. The lowest BCUT2D eigenvalue weighted by molar-refractivity contribution is -0.385. The summed E-state index contributed by atoms with van der Waals surface area (Å²) in [6.45, 7) is 4.40. The number of rotatable bonds is 7. The van der Waals surface area contributed by atoms with Gasteiger partial charge in [-0.1, -0.05) is 48.9 Å². The molecule has 2 aromatic rings. The highest BCUT2D eigenvalue weighted by Gasteiger charge is 2.12. The molecule has 2 N–H and O–H groups in total. The van der Waals surface area contributed by atoms with E-state index < -0.39 is 0 Å². The number of halogens is 1. The van der Waals surface area contributed by atoms with Crippen molar-refractivity contribution in [3.8, 4) is 0 Å². The number of piperidine rings is 1. The van der Waals surface area contributed by atoms with Gasteiger partial charge in [-0.15, -0.1) is 24.0 Å². The predicted molar refractivity (Wildman–Crippen MR) is 131 cm³/mol. The molecule has 0 bridgehead atoms. The first-order chi connectivity index (χ1) is 14.2. The molecule has 0 aliphatic carbocycles. The molecular formula is C22H30IN5O2. The van der Waals surface area contributed by atoms with E-state index in [4.69, 9.17) is 0 Å². The van der Waals surface area contributed by atoms with Crippen molar-refractivity contribution in [1.29, 1.82) is 0 Å². The number of hydrogen-bond acceptors (Lipinski definition) is 4. The molecule has 0 spiro atoms. The highest BCUT2D eigenvalue weighted by Crippen LogP contribution is 2.17. The van der Waals surface area contributed by atoms with Crippen LogP contribution in [-0.4, -0.2) is 35.9 Å². The minimum absolute atomic E-state index is 0. The molecule has 0 atom stereocenters. The first kappa shape index (κ1) is 24.1. The number of nitro groups is 1. The maximum absolute atomic E-state index is 11.1. The van der Waals surface area contributed by atoms with Gasteiger partial charge in [0.2, 0.25) is 0 Å². The molecule has 1 aliphatic rings. The second-order valence-electron chi connectivity index (χ2n) is 7.32. The van der Waals surface area contributed by atoms with Crippen molar-refractivity contribution in [1.82, 2.24) is 15.5 Å². The van der Waals surface area contributed by atoms with Crippen LogP contribution in [0, 0.1) is 10.1 Å². The quantitative estimate of drug-likeness (QED) is 0.188. The van der Waals surface area contributed by atoms with E-state index in [2.05, 4.69) is 44.8 Å². The van der Waals surface area contributed by atoms with Gasteiger partial charge in [0, 0.05) is 38.3 Å². The van der Waals surface area contributed by atoms with E-state index in [0.29, 0.717) is 24.6 Å². The number of aliphatic imine (C=N–C) groups is 1. The molecule has 0 aromatic heterocycles. The van der Waals surface area contributed by atoms with E-state index in [0.717, 1.165) is 6.54 Å². The number of nitro benzene ring substituents is 1. The molecule has 1 aliphatic heterocycles. The van der Waals surface area contributed by atoms with E-state index in [1.807, 2.05) is 0 Å². The third kappa shape index (κ3) is 7.24. The monoisotopic (exact) mass is 523 g/mol. The van der Waals surface area contributed by atoms with Gasteiger partial charge in [-0.3, -0.25) is 20.0 Å². The van der Waals surface area contributed by atoms with Gasteiger partial charge >= 0.3 is 0 Å². The van der Waals surface area contributed by atoms with Crippen molar-refractivity contribution in [3.05, 3.63) is 75.3 Å². The van der Waals surface area contributed by atoms with Crippen LogP contribution in [-0.2, 0) is 19.6 Å². The Balaban J connectivity index is 0.00000320. The van der Waals surface area contributed by atoms with Gasteiger partial charge in [0.25, 0.3) is 5.69 Å². The van der Waals surface area contributed by atoms with Crippen molar-refractivity contribution in [2.75, 3.05) is 20.1 Å². The molecule has 1 fully saturated rings. The molecule has 8 heteroatoms. The number of guanidine groups is 1. The SMILES string of the molecule is CN=C(NCc1ccc(CN2CCCCC2)cc1)NCc1ccccc1[N+](=O)[O-].I. The molecule has 0 amide bonds. The summed E-state index contributed by atoms with van der Waals surface area (Å²) >= 11 is 0. The highest BCUT2D eigenvalue weighted by molar-refractivity contribution is 14.0. The van der Waals surface area contributed by atoms with Gasteiger partial charge in [-0.25, -0.2) is 0 Å². The molecule has 0 saturated carbocycles. The summed E-state index contributed by atoms with van der Waals surface area (Å²) in [5, 5.41) is 17.5. The Morgan fingerprint density at radius 2 is 1.63 bits per heavy atom. The van der Waals surface area contributed by atoms with Gasteiger partial charge in [0.15, 0.2) is 5.96 Å². The van der Waals surface area contributed by atoms with Crippen LogP contribution in [0.3, 0.4) is 0 Å². The standard InChI is InChI=1S/C22H29N5O2.HI/c1-23-22(25-16-20-7-3-4-8-21(20)27(28)29)24-15-18-9-11-19(12-10-18)17-26-13-5-2-6-14-26;/h3-4,7-12H,2,5-6,13-17H2,1H3,(H2,23,24,25);1H. The fraction of sp³-hybridized carbons (Fsp3) is 0.409. The van der Waals surface area contributed by atoms with Crippen LogP contribution in [0.25, 0.3) is 0 Å². The molecule has 0 radical (unpaired) electrons. The summed E-state index contributed by atoms with van der Waals surface area (Å²) in [4.78, 5) is 17.5. The molecule has 2 aromatic carbocycles. The van der Waals surface area contributed by atoms with Crippen molar-refractivity contribution in [3.63, 3.8) is 0 Å². The number of nitrogens with one attached hydrogen (secondary N) is 2. The second-order valence-corrected chi connectivity index (χ2v) is 7.32. The van der Waals surface area contributed by atoms with Crippen LogP contribution in [0.2, 0.25) is 0 Å². The first-order valence-electron chi connectivity index (χ1n) is 10.1. The maximum atomic E-state index is 11.1. The van der Waals surface area contributed by atoms with Crippen LogP contribution in [0.4, 0.5) is 5.69 Å². The Bertz CT molecular complexity index is 836. The molecular weight excluding hydrogens is 493 g/mol. The Labute approximate surface area is 195 Å². The van der Waals surface area contributed by atoms with Gasteiger partial charge in [-0.2, -0.15) is 0 Å². The van der Waals surface area contributed by atoms with Gasteiger partial charge < -0.3 is 10.6 Å². The van der Waals surface area contributed by atoms with Gasteiger partial charge in [0.1, 0.15) is 0 Å². The van der Waals surface area contributed by atoms with Crippen LogP contribution < -0.4 is 10.6 Å². The molecule has 0 unspecified atom stereocenters. The fourth-order valence-corrected chi connectivity index (χ4v) is 3.56. The summed E-state index contributed by atoms with van der Waals surface area (Å²) in [6.07, 6.45) is 3.97. The smallest absolute Gasteiger partial charge is 0.274 e. The first-order valence-corrected chi connectivity index (χ1v) is 10.1. The number of likely N-dealkylation sites (tertiary alicyclic amines) is 1. The zero-order valence-corrected chi connectivity index (χ0v) is 19.7. The third-order valence-electron chi connectivity index (χ3n) is 5.20. The number of benzene rings is 2. The predicted octanol–water partition coefficient (Wildman–Crippen LogP) is 4.06. The van der Waals surface area contributed by atoms with E-state index in [1.54, 1.807) is 25.2 Å². The summed E-state index contributed by atoms with van der Waals surface area (Å²) in [5.74, 6) is 0.612. The third-order valence-corrected chi connectivity index (χ3v) is 5.20. The normalized spacial score (nSPS) is 14.6. The molecule has 3 rings (SSSR count). The summed E-state index contributed by atoms with van der Waals surface area (Å²) in [7, 11) is 1.69. The number of para-hydroxylation sites is 1. The van der Waals surface area contributed by atoms with Crippen LogP contribution >= 0.6 is 24.0 Å². The minimum Gasteiger partial charge on any atom is -0.352 e. The fourth-order valence-electron chi connectivity index (χ4n) is 3.56. The second kappa shape index (κ2) is 12.5. The van der Waals surface area contributed by atoms with E-state index in [1.165, 1.54) is 49.5 Å². The molecule has 1 saturated heterocycles. The van der Waals surface area contributed by atoms with Crippen molar-refractivity contribution < 1.29 is 4.92 Å². The summed E-state index contributed by atoms with van der Waals surface area (Å²) < 4.78 is 0. The highest BCUT2D eigenvalue weighted by atomic mass is 127. The molecule has 7 nitrogen and oxygen atoms in total. The molecule has 1 heterocycles. The lowest BCUT2D eigenvalue weighted by Crippen LogP contribution is -2.36. The number of hydrogen-bond donors (Lipinski definition) is 2. The van der Waals surface area contributed by atoms with E-state index >= 15 is 0 Å². The average Bonchev–Trinajstić information content (AvgIpc) is 2.76. The number of nitrogens with zero attached hydrogens (tertiary/aromatic N) is 3. The van der Waals surface area contributed by atoms with Gasteiger partial charge in [0.05, 0.1) is 4.92 Å². The summed E-state index contributed by atoms with van der Waals surface area (Å²) in [6, 6.07) is 15.4. The Kier molecular flexibility index (Phi) is 10.0. The van der Waals surface area contributed by atoms with Gasteiger partial charge in [-0.05, 0) is 37.1 Å². The zero-order chi connectivity index (χ0) is 20.5. The van der Waals surface area contributed by atoms with Crippen molar-refractivity contribution in [2.45, 2.75) is 38.9 Å². The molecule has 30 heavy (non-hydrogen) atoms. The van der Waals surface area contributed by atoms with Crippen LogP contribution in [0.1, 0.15) is 36.0 Å². The van der Waals surface area contributed by atoms with E-state index in [-0.39, 0.29) is 34.6 Å². The van der Waals surface area contributed by atoms with Crippen LogP contribution in [0.5, 0.6) is 0 Å². The average molecular weight is 523 g/mol. The Morgan fingerprint density at radius 3 is 2.30 bits per heavy atom. The van der Waals surface area contributed by atoms with Crippen LogP contribution in [0.15, 0.2) is 53.5 Å². The lowest BCUT2D eigenvalue weighted by atomic mass is 10.1. The Morgan fingerprint density at radius 1 is 1.00 bits per heavy atom. The van der Waals surface area contributed by atoms with E-state index in [9.17, 15) is 10.1 Å². The zero-order valence-electron chi connectivity index (χ0n) is 17.3. The summed E-state index contributed by atoms with van der Waals surface area (Å²) in [5.41, 5.74) is 3.25. The topological polar surface area (TPSA) is 82.8 Å². The largest absolute Gasteiger partial charge is 0.352 e. The molecule has 162 valence electrons. The van der Waals surface area contributed by atoms with Crippen molar-refractivity contribution in [2.24, 2.45) is 4.99 Å². The minimum atomic E-state index is -0.362.